The van der Waals surface area contributed by atoms with Crippen LogP contribution in [0.3, 0.4) is 0 Å². The van der Waals surface area contributed by atoms with E-state index >= 15 is 0 Å². The number of carbonyl (C=O) groups is 1. The molecule has 0 saturated carbocycles. The van der Waals surface area contributed by atoms with E-state index in [1.54, 1.807) is 6.07 Å². The van der Waals surface area contributed by atoms with Crippen molar-refractivity contribution < 1.29 is 9.36 Å². The zero-order valence-corrected chi connectivity index (χ0v) is 13.2. The fourth-order valence-electron chi connectivity index (χ4n) is 1.89. The second-order valence-electron chi connectivity index (χ2n) is 5.14. The van der Waals surface area contributed by atoms with Gasteiger partial charge in [0, 0.05) is 42.6 Å². The highest BCUT2D eigenvalue weighted by Gasteiger charge is 2.10. The number of carbonyl (C=O) groups excluding carboxylic acids is 1. The number of aromatic nitrogens is 1. The number of benzene rings is 1. The molecule has 21 heavy (non-hydrogen) atoms. The van der Waals surface area contributed by atoms with E-state index in [1.165, 1.54) is 0 Å². The number of pyridine rings is 1. The van der Waals surface area contributed by atoms with Crippen molar-refractivity contribution >= 4 is 28.9 Å². The lowest BCUT2D eigenvalue weighted by Gasteiger charge is -2.10. The van der Waals surface area contributed by atoms with Crippen LogP contribution < -0.4 is 14.8 Å². The van der Waals surface area contributed by atoms with Crippen molar-refractivity contribution in [3.63, 3.8) is 0 Å². The number of hydrogen-bond acceptors (Lipinski definition) is 2. The number of rotatable bonds is 4. The maximum atomic E-state index is 12.0. The Bertz CT molecular complexity index is 638. The molecule has 0 unspecified atom stereocenters. The number of aryl methyl sites for hydroxylation is 1. The Labute approximate surface area is 130 Å². The van der Waals surface area contributed by atoms with E-state index < -0.39 is 0 Å². The summed E-state index contributed by atoms with van der Waals surface area (Å²) in [4.78, 5) is 14.0. The number of halogens is 1. The maximum absolute atomic E-state index is 12.0. The monoisotopic (exact) mass is 304 g/mol. The number of anilines is 2. The Morgan fingerprint density at radius 3 is 2.48 bits per heavy atom. The first kappa shape index (κ1) is 15.3. The first-order chi connectivity index (χ1) is 9.95. The van der Waals surface area contributed by atoms with Gasteiger partial charge in [0.1, 0.15) is 0 Å². The molecule has 0 radical (unpaired) electrons. The number of amides is 1. The summed E-state index contributed by atoms with van der Waals surface area (Å²) >= 11 is 6.04. The van der Waals surface area contributed by atoms with Gasteiger partial charge in [0.05, 0.1) is 0 Å². The van der Waals surface area contributed by atoms with Gasteiger partial charge in [-0.1, -0.05) is 17.7 Å². The molecule has 2 aromatic rings. The van der Waals surface area contributed by atoms with Crippen molar-refractivity contribution in [2.24, 2.45) is 0 Å². The van der Waals surface area contributed by atoms with Gasteiger partial charge < -0.3 is 10.2 Å². The summed E-state index contributed by atoms with van der Waals surface area (Å²) in [6.45, 7) is 2.19. The molecule has 1 N–H and O–H groups in total. The minimum Gasteiger partial charge on any atom is -0.377 e. The summed E-state index contributed by atoms with van der Waals surface area (Å²) in [7, 11) is 3.96. The van der Waals surface area contributed by atoms with Crippen LogP contribution in [0, 0.1) is 6.92 Å². The van der Waals surface area contributed by atoms with Gasteiger partial charge >= 0.3 is 0 Å². The molecule has 1 heterocycles. The number of hydrogen-bond donors (Lipinski definition) is 1. The second kappa shape index (κ2) is 6.59. The van der Waals surface area contributed by atoms with Gasteiger partial charge in [0.15, 0.2) is 12.4 Å². The van der Waals surface area contributed by atoms with Gasteiger partial charge in [0.25, 0.3) is 5.91 Å². The van der Waals surface area contributed by atoms with E-state index in [0.717, 1.165) is 11.3 Å². The highest BCUT2D eigenvalue weighted by molar-refractivity contribution is 6.31. The molecule has 4 nitrogen and oxygen atoms in total. The van der Waals surface area contributed by atoms with Gasteiger partial charge in [0.2, 0.25) is 6.54 Å². The van der Waals surface area contributed by atoms with E-state index in [4.69, 9.17) is 11.6 Å². The van der Waals surface area contributed by atoms with Crippen LogP contribution in [0.4, 0.5) is 11.4 Å². The van der Waals surface area contributed by atoms with Crippen molar-refractivity contribution in [3.05, 3.63) is 53.3 Å². The van der Waals surface area contributed by atoms with Gasteiger partial charge in [-0.2, -0.15) is 4.57 Å². The quantitative estimate of drug-likeness (QED) is 0.882. The molecule has 2 rings (SSSR count). The predicted octanol–water partition coefficient (Wildman–Crippen LogP) is 2.64. The van der Waals surface area contributed by atoms with Crippen molar-refractivity contribution in [1.82, 2.24) is 0 Å². The van der Waals surface area contributed by atoms with Crippen LogP contribution in [0.1, 0.15) is 5.56 Å². The van der Waals surface area contributed by atoms with Crippen LogP contribution in [0.2, 0.25) is 5.02 Å². The molecule has 0 saturated heterocycles. The van der Waals surface area contributed by atoms with Crippen molar-refractivity contribution in [2.45, 2.75) is 13.5 Å². The Morgan fingerprint density at radius 1 is 1.24 bits per heavy atom. The summed E-state index contributed by atoms with van der Waals surface area (Å²) in [5, 5.41) is 3.49. The minimum atomic E-state index is -0.0856. The highest BCUT2D eigenvalue weighted by atomic mass is 35.5. The normalized spacial score (nSPS) is 10.3. The van der Waals surface area contributed by atoms with Crippen LogP contribution in [0.5, 0.6) is 0 Å². The summed E-state index contributed by atoms with van der Waals surface area (Å²) in [5.74, 6) is -0.0856. The SMILES string of the molecule is Cc1ccc(NC(=O)C[n+]2ccc(N(C)C)cc2)cc1Cl. The molecule has 0 atom stereocenters. The summed E-state index contributed by atoms with van der Waals surface area (Å²) < 4.78 is 1.83. The lowest BCUT2D eigenvalue weighted by Crippen LogP contribution is -2.39. The van der Waals surface area contributed by atoms with Gasteiger partial charge in [-0.25, -0.2) is 0 Å². The van der Waals surface area contributed by atoms with E-state index in [9.17, 15) is 4.79 Å². The maximum Gasteiger partial charge on any atom is 0.290 e. The van der Waals surface area contributed by atoms with Crippen molar-refractivity contribution in [2.75, 3.05) is 24.3 Å². The van der Waals surface area contributed by atoms with Crippen LogP contribution >= 0.6 is 11.6 Å². The predicted molar refractivity (Wildman–Crippen MR) is 85.8 cm³/mol. The van der Waals surface area contributed by atoms with Gasteiger partial charge in [-0.3, -0.25) is 4.79 Å². The number of nitrogens with one attached hydrogen (secondary N) is 1. The average molecular weight is 305 g/mol. The molecular weight excluding hydrogens is 286 g/mol. The molecule has 0 fully saturated rings. The lowest BCUT2D eigenvalue weighted by molar-refractivity contribution is -0.684. The first-order valence-corrected chi connectivity index (χ1v) is 7.06. The Morgan fingerprint density at radius 2 is 1.90 bits per heavy atom. The molecule has 0 aliphatic heterocycles. The fraction of sp³-hybridized carbons (Fsp3) is 0.250. The largest absolute Gasteiger partial charge is 0.377 e. The lowest BCUT2D eigenvalue weighted by atomic mass is 10.2. The minimum absolute atomic E-state index is 0.0856. The van der Waals surface area contributed by atoms with E-state index in [1.807, 2.05) is 67.1 Å². The smallest absolute Gasteiger partial charge is 0.290 e. The molecule has 1 aromatic heterocycles. The molecule has 0 aliphatic carbocycles. The van der Waals surface area contributed by atoms with E-state index in [0.29, 0.717) is 10.7 Å². The Balaban J connectivity index is 1.99. The molecule has 5 heteroatoms. The zero-order chi connectivity index (χ0) is 15.4. The second-order valence-corrected chi connectivity index (χ2v) is 5.54. The number of nitrogens with zero attached hydrogens (tertiary/aromatic N) is 2. The summed E-state index contributed by atoms with van der Waals surface area (Å²) in [6, 6.07) is 9.43. The van der Waals surface area contributed by atoms with Crippen LogP contribution in [0.25, 0.3) is 0 Å². The fourth-order valence-corrected chi connectivity index (χ4v) is 2.07. The first-order valence-electron chi connectivity index (χ1n) is 6.68. The van der Waals surface area contributed by atoms with Crippen LogP contribution in [0.15, 0.2) is 42.7 Å². The molecule has 0 bridgehead atoms. The molecule has 0 aliphatic rings. The molecule has 1 aromatic carbocycles. The Kier molecular flexibility index (Phi) is 4.81. The van der Waals surface area contributed by atoms with Crippen LogP contribution in [-0.2, 0) is 11.3 Å². The topological polar surface area (TPSA) is 36.2 Å². The zero-order valence-electron chi connectivity index (χ0n) is 12.4. The third-order valence-electron chi connectivity index (χ3n) is 3.17. The summed E-state index contributed by atoms with van der Waals surface area (Å²) in [5.41, 5.74) is 2.79. The highest BCUT2D eigenvalue weighted by Crippen LogP contribution is 2.19. The Hall–Kier alpha value is -2.07. The molecular formula is C16H19ClN3O+. The van der Waals surface area contributed by atoms with Gasteiger partial charge in [-0.15, -0.1) is 0 Å². The summed E-state index contributed by atoms with van der Waals surface area (Å²) in [6.07, 6.45) is 3.77. The average Bonchev–Trinajstić information content (AvgIpc) is 2.43. The van der Waals surface area contributed by atoms with Crippen molar-refractivity contribution in [1.29, 1.82) is 0 Å². The molecule has 110 valence electrons. The van der Waals surface area contributed by atoms with E-state index in [2.05, 4.69) is 5.32 Å². The standard InChI is InChI=1S/C16H18ClN3O/c1-12-4-5-13(10-15(12)17)18-16(21)11-20-8-6-14(7-9-20)19(2)3/h4-10H,11H2,1-3H3/p+1. The molecule has 1 amide bonds. The van der Waals surface area contributed by atoms with Crippen molar-refractivity contribution in [3.8, 4) is 0 Å². The van der Waals surface area contributed by atoms with Gasteiger partial charge in [-0.05, 0) is 24.6 Å². The molecule has 0 spiro atoms. The third kappa shape index (κ3) is 4.20. The third-order valence-corrected chi connectivity index (χ3v) is 3.58. The van der Waals surface area contributed by atoms with E-state index in [-0.39, 0.29) is 12.5 Å². The van der Waals surface area contributed by atoms with Crippen LogP contribution in [-0.4, -0.2) is 20.0 Å².